The molecule has 2 saturated heterocycles. The predicted molar refractivity (Wildman–Crippen MR) is 64.9 cm³/mol. The molecule has 0 unspecified atom stereocenters. The van der Waals surface area contributed by atoms with Crippen LogP contribution >= 0.6 is 0 Å². The van der Waals surface area contributed by atoms with Crippen molar-refractivity contribution in [3.63, 3.8) is 0 Å². The van der Waals surface area contributed by atoms with E-state index in [4.69, 9.17) is 14.2 Å². The predicted octanol–water partition coefficient (Wildman–Crippen LogP) is 1.50. The van der Waals surface area contributed by atoms with Crippen LogP contribution in [0.2, 0.25) is 0 Å². The summed E-state index contributed by atoms with van der Waals surface area (Å²) in [6, 6.07) is 9.78. The number of aliphatic hydroxyl groups is 1. The van der Waals surface area contributed by atoms with Crippen LogP contribution in [0.25, 0.3) is 0 Å². The summed E-state index contributed by atoms with van der Waals surface area (Å²) in [5.41, 5.74) is 0.973. The summed E-state index contributed by atoms with van der Waals surface area (Å²) in [6.07, 6.45) is -1.35. The van der Waals surface area contributed by atoms with Crippen LogP contribution in [0, 0.1) is 5.92 Å². The molecule has 0 spiro atoms. The SMILES string of the molecule is C[C@H]1CO[C@H]2CO[C@H](c3ccccc3)O[C@@H]2[C@H]1O. The van der Waals surface area contributed by atoms with Gasteiger partial charge in [-0.25, -0.2) is 0 Å². The van der Waals surface area contributed by atoms with Crippen molar-refractivity contribution in [3.8, 4) is 0 Å². The lowest BCUT2D eigenvalue weighted by Gasteiger charge is -2.44. The zero-order valence-corrected chi connectivity index (χ0v) is 10.4. The largest absolute Gasteiger partial charge is 0.390 e. The van der Waals surface area contributed by atoms with E-state index in [9.17, 15) is 5.11 Å². The zero-order valence-electron chi connectivity index (χ0n) is 10.4. The molecule has 0 aromatic heterocycles. The average molecular weight is 250 g/mol. The average Bonchev–Trinajstić information content (AvgIpc) is 2.44. The Kier molecular flexibility index (Phi) is 3.35. The second kappa shape index (κ2) is 4.97. The molecule has 1 aromatic carbocycles. The van der Waals surface area contributed by atoms with Crippen molar-refractivity contribution in [3.05, 3.63) is 35.9 Å². The number of fused-ring (bicyclic) bond motifs is 1. The molecule has 5 atom stereocenters. The molecule has 1 N–H and O–H groups in total. The van der Waals surface area contributed by atoms with Crippen LogP contribution in [0.3, 0.4) is 0 Å². The standard InChI is InChI=1S/C14H18O4/c1-9-7-16-11-8-17-14(18-13(11)12(9)15)10-5-3-2-4-6-10/h2-6,9,11-15H,7-8H2,1H3/t9-,11-,12-,13-,14-/m0/s1. The van der Waals surface area contributed by atoms with E-state index < -0.39 is 12.4 Å². The smallest absolute Gasteiger partial charge is 0.184 e. The Hall–Kier alpha value is -0.940. The number of rotatable bonds is 1. The maximum Gasteiger partial charge on any atom is 0.184 e. The fourth-order valence-electron chi connectivity index (χ4n) is 2.47. The van der Waals surface area contributed by atoms with Gasteiger partial charge in [0.2, 0.25) is 0 Å². The highest BCUT2D eigenvalue weighted by molar-refractivity contribution is 5.16. The van der Waals surface area contributed by atoms with Gasteiger partial charge >= 0.3 is 0 Å². The third-order valence-corrected chi connectivity index (χ3v) is 3.62. The van der Waals surface area contributed by atoms with Gasteiger partial charge in [-0.05, 0) is 0 Å². The molecule has 0 radical (unpaired) electrons. The number of aliphatic hydroxyl groups excluding tert-OH is 1. The van der Waals surface area contributed by atoms with Crippen molar-refractivity contribution in [2.45, 2.75) is 31.5 Å². The van der Waals surface area contributed by atoms with E-state index in [1.807, 2.05) is 37.3 Å². The minimum Gasteiger partial charge on any atom is -0.390 e. The monoisotopic (exact) mass is 250 g/mol. The molecule has 4 heteroatoms. The molecule has 0 saturated carbocycles. The van der Waals surface area contributed by atoms with Crippen LogP contribution in [-0.2, 0) is 14.2 Å². The van der Waals surface area contributed by atoms with Crippen molar-refractivity contribution >= 4 is 0 Å². The summed E-state index contributed by atoms with van der Waals surface area (Å²) in [7, 11) is 0. The van der Waals surface area contributed by atoms with Crippen molar-refractivity contribution in [1.82, 2.24) is 0 Å². The van der Waals surface area contributed by atoms with Gasteiger partial charge < -0.3 is 19.3 Å². The minimum atomic E-state index is -0.487. The fraction of sp³-hybridized carbons (Fsp3) is 0.571. The molecule has 3 rings (SSSR count). The lowest BCUT2D eigenvalue weighted by molar-refractivity contribution is -0.307. The van der Waals surface area contributed by atoms with Crippen LogP contribution in [0.4, 0.5) is 0 Å². The molecule has 2 aliphatic heterocycles. The highest BCUT2D eigenvalue weighted by Gasteiger charge is 2.43. The molecule has 98 valence electrons. The summed E-state index contributed by atoms with van der Waals surface area (Å²) in [4.78, 5) is 0. The maximum atomic E-state index is 10.2. The quantitative estimate of drug-likeness (QED) is 0.820. The summed E-state index contributed by atoms with van der Waals surface area (Å²) < 4.78 is 17.2. The van der Waals surface area contributed by atoms with Crippen LogP contribution in [-0.4, -0.2) is 36.6 Å². The Bertz CT molecular complexity index is 392. The van der Waals surface area contributed by atoms with Gasteiger partial charge in [0, 0.05) is 11.5 Å². The van der Waals surface area contributed by atoms with Gasteiger partial charge in [-0.15, -0.1) is 0 Å². The lowest BCUT2D eigenvalue weighted by Crippen LogP contribution is -2.55. The Balaban J connectivity index is 1.75. The van der Waals surface area contributed by atoms with E-state index in [0.717, 1.165) is 5.56 Å². The van der Waals surface area contributed by atoms with E-state index in [0.29, 0.717) is 13.2 Å². The first-order valence-electron chi connectivity index (χ1n) is 6.37. The van der Waals surface area contributed by atoms with E-state index >= 15 is 0 Å². The number of benzene rings is 1. The van der Waals surface area contributed by atoms with Gasteiger partial charge in [0.05, 0.1) is 19.3 Å². The topological polar surface area (TPSA) is 47.9 Å². The molecule has 0 aliphatic carbocycles. The maximum absolute atomic E-state index is 10.2. The highest BCUT2D eigenvalue weighted by Crippen LogP contribution is 2.33. The molecule has 18 heavy (non-hydrogen) atoms. The summed E-state index contributed by atoms with van der Waals surface area (Å²) in [6.45, 7) is 3.00. The first-order chi connectivity index (χ1) is 8.75. The first-order valence-corrected chi connectivity index (χ1v) is 6.37. The van der Waals surface area contributed by atoms with Gasteiger partial charge in [0.15, 0.2) is 6.29 Å². The van der Waals surface area contributed by atoms with Crippen molar-refractivity contribution in [2.24, 2.45) is 5.92 Å². The Morgan fingerprint density at radius 3 is 2.67 bits per heavy atom. The molecule has 2 fully saturated rings. The third kappa shape index (κ3) is 2.17. The molecule has 2 heterocycles. The van der Waals surface area contributed by atoms with Crippen LogP contribution in [0.15, 0.2) is 30.3 Å². The number of hydrogen-bond acceptors (Lipinski definition) is 4. The van der Waals surface area contributed by atoms with Gasteiger partial charge in [0.1, 0.15) is 12.2 Å². The summed E-state index contributed by atoms with van der Waals surface area (Å²) >= 11 is 0. The van der Waals surface area contributed by atoms with E-state index in [-0.39, 0.29) is 18.1 Å². The highest BCUT2D eigenvalue weighted by atomic mass is 16.7. The second-order valence-electron chi connectivity index (χ2n) is 5.02. The molecule has 4 nitrogen and oxygen atoms in total. The van der Waals surface area contributed by atoms with E-state index in [1.54, 1.807) is 0 Å². The van der Waals surface area contributed by atoms with E-state index in [2.05, 4.69) is 0 Å². The van der Waals surface area contributed by atoms with Crippen LogP contribution < -0.4 is 0 Å². The first kappa shape index (κ1) is 12.1. The van der Waals surface area contributed by atoms with Crippen molar-refractivity contribution in [1.29, 1.82) is 0 Å². The molecule has 0 bridgehead atoms. The van der Waals surface area contributed by atoms with Gasteiger partial charge in [-0.3, -0.25) is 0 Å². The minimum absolute atomic E-state index is 0.0979. The second-order valence-corrected chi connectivity index (χ2v) is 5.02. The summed E-state index contributed by atoms with van der Waals surface area (Å²) in [5, 5.41) is 10.2. The van der Waals surface area contributed by atoms with Crippen LogP contribution in [0.1, 0.15) is 18.8 Å². The Labute approximate surface area is 106 Å². The summed E-state index contributed by atoms with van der Waals surface area (Å²) in [5.74, 6) is 0.0979. The van der Waals surface area contributed by atoms with Crippen LogP contribution in [0.5, 0.6) is 0 Å². The third-order valence-electron chi connectivity index (χ3n) is 3.62. The van der Waals surface area contributed by atoms with Gasteiger partial charge in [-0.1, -0.05) is 37.3 Å². The molecule has 2 aliphatic rings. The normalized spacial score (nSPS) is 40.2. The van der Waals surface area contributed by atoms with Gasteiger partial charge in [-0.2, -0.15) is 0 Å². The Morgan fingerprint density at radius 2 is 1.89 bits per heavy atom. The number of hydrogen-bond donors (Lipinski definition) is 1. The Morgan fingerprint density at radius 1 is 1.11 bits per heavy atom. The zero-order chi connectivity index (χ0) is 12.5. The molecular formula is C14H18O4. The molecule has 0 amide bonds. The van der Waals surface area contributed by atoms with Crippen molar-refractivity contribution in [2.75, 3.05) is 13.2 Å². The molecule has 1 aromatic rings. The van der Waals surface area contributed by atoms with Crippen molar-refractivity contribution < 1.29 is 19.3 Å². The van der Waals surface area contributed by atoms with Gasteiger partial charge in [0.25, 0.3) is 0 Å². The molecular weight excluding hydrogens is 232 g/mol. The fourth-order valence-corrected chi connectivity index (χ4v) is 2.47. The number of ether oxygens (including phenoxy) is 3. The lowest BCUT2D eigenvalue weighted by atomic mass is 9.93. The van der Waals surface area contributed by atoms with E-state index in [1.165, 1.54) is 0 Å².